The zero-order valence-corrected chi connectivity index (χ0v) is 34.6. The van der Waals surface area contributed by atoms with Crippen LogP contribution in [0.25, 0.3) is 100 Å². The quantitative estimate of drug-likeness (QED) is 0.159. The summed E-state index contributed by atoms with van der Waals surface area (Å²) in [4.78, 5) is 15.0. The van der Waals surface area contributed by atoms with Gasteiger partial charge >= 0.3 is 0 Å². The number of fused-ring (bicyclic) bond motifs is 6. The molecule has 10 nitrogen and oxygen atoms in total. The van der Waals surface area contributed by atoms with Gasteiger partial charge in [0.05, 0.1) is 85.9 Å². The van der Waals surface area contributed by atoms with Crippen molar-refractivity contribution in [2.24, 2.45) is 0 Å². The lowest BCUT2D eigenvalue weighted by atomic mass is 9.95. The number of aromatic nitrogens is 5. The third-order valence-corrected chi connectivity index (χ3v) is 11.9. The summed E-state index contributed by atoms with van der Waals surface area (Å²) >= 11 is 0. The monoisotopic (exact) mass is 840 g/mol. The normalized spacial score (nSPS) is 11.0. The van der Waals surface area contributed by atoms with Crippen LogP contribution in [0, 0.1) is 56.7 Å². The molecular formula is C56H28N10. The molecule has 11 rings (SSSR count). The van der Waals surface area contributed by atoms with Gasteiger partial charge in [-0.05, 0) is 109 Å². The van der Waals surface area contributed by atoms with Crippen LogP contribution in [-0.2, 0) is 0 Å². The Morgan fingerprint density at radius 1 is 0.333 bits per heavy atom. The molecule has 0 spiro atoms. The van der Waals surface area contributed by atoms with E-state index < -0.39 is 0 Å². The van der Waals surface area contributed by atoms with Crippen LogP contribution in [0.4, 0.5) is 0 Å². The van der Waals surface area contributed by atoms with Crippen molar-refractivity contribution in [1.82, 2.24) is 24.1 Å². The summed E-state index contributed by atoms with van der Waals surface area (Å²) in [5.41, 5.74) is 10.7. The van der Waals surface area contributed by atoms with Crippen LogP contribution in [0.3, 0.4) is 0 Å². The molecule has 0 bridgehead atoms. The fourth-order valence-electron chi connectivity index (χ4n) is 8.88. The molecule has 11 aromatic rings. The molecule has 0 aliphatic heterocycles. The summed E-state index contributed by atoms with van der Waals surface area (Å²) in [6, 6.07) is 64.7. The first-order chi connectivity index (χ1) is 32.5. The molecule has 0 aliphatic carbocycles. The summed E-state index contributed by atoms with van der Waals surface area (Å²) < 4.78 is 4.18. The van der Waals surface area contributed by atoms with E-state index in [9.17, 15) is 26.3 Å². The SMILES string of the molecule is N#Cc1ccc2c(c1)c1cc(C#N)ccc1n2-c1ccc(C#N)c(-c2cc(-c3nc(-c4ccccc4)nc(-c4ccccc4)n3)ccc2-n2c3ccc(C#N)cc3c3cc(C#N)ccc32)c1. The second kappa shape index (κ2) is 15.6. The molecule has 0 radical (unpaired) electrons. The van der Waals surface area contributed by atoms with Crippen molar-refractivity contribution in [2.45, 2.75) is 0 Å². The van der Waals surface area contributed by atoms with Crippen LogP contribution in [0.2, 0.25) is 0 Å². The standard InChI is InChI=1S/C56H28N10/c57-29-34-11-18-49-44(23-34)45-24-35(30-58)12-19-50(45)65(49)42-17-15-41(33-61)43(28-42)48-27-40(56-63-54(38-7-3-1-4-8-38)62-55(64-56)39-9-5-2-6-10-39)16-22-53(48)66-51-20-13-36(31-59)25-46(51)47-26-37(32-60)14-21-52(47)66/h1-28H. The van der Waals surface area contributed by atoms with Crippen LogP contribution in [0.5, 0.6) is 0 Å². The highest BCUT2D eigenvalue weighted by atomic mass is 15.0. The topological polar surface area (TPSA) is 167 Å². The number of rotatable bonds is 6. The molecule has 0 N–H and O–H groups in total. The first-order valence-corrected chi connectivity index (χ1v) is 20.8. The predicted molar refractivity (Wildman–Crippen MR) is 254 cm³/mol. The zero-order chi connectivity index (χ0) is 44.9. The number of nitrogens with zero attached hydrogens (tertiary/aromatic N) is 10. The molecule has 10 heteroatoms. The van der Waals surface area contributed by atoms with Gasteiger partial charge in [0, 0.05) is 55.0 Å². The maximum atomic E-state index is 10.9. The van der Waals surface area contributed by atoms with Crippen molar-refractivity contribution in [3.63, 3.8) is 0 Å². The lowest BCUT2D eigenvalue weighted by Gasteiger charge is -2.18. The maximum absolute atomic E-state index is 10.9. The molecule has 66 heavy (non-hydrogen) atoms. The Hall–Kier alpha value is -10.2. The fraction of sp³-hybridized carbons (Fsp3) is 0. The number of hydrogen-bond donors (Lipinski definition) is 0. The van der Waals surface area contributed by atoms with Crippen LogP contribution in [0.15, 0.2) is 170 Å². The van der Waals surface area contributed by atoms with Gasteiger partial charge in [0.2, 0.25) is 0 Å². The van der Waals surface area contributed by atoms with Crippen molar-refractivity contribution in [1.29, 1.82) is 26.3 Å². The molecule has 0 saturated heterocycles. The van der Waals surface area contributed by atoms with Crippen molar-refractivity contribution in [2.75, 3.05) is 0 Å². The highest BCUT2D eigenvalue weighted by molar-refractivity contribution is 6.12. The number of nitriles is 5. The summed E-state index contributed by atoms with van der Waals surface area (Å²) in [7, 11) is 0. The molecule has 0 saturated carbocycles. The minimum atomic E-state index is 0.404. The summed E-state index contributed by atoms with van der Waals surface area (Å²) in [5, 5.41) is 53.8. The molecular weight excluding hydrogens is 813 g/mol. The first-order valence-electron chi connectivity index (χ1n) is 20.8. The Labute approximate surface area is 377 Å². The van der Waals surface area contributed by atoms with Crippen molar-refractivity contribution in [3.05, 3.63) is 198 Å². The molecule has 8 aromatic carbocycles. The van der Waals surface area contributed by atoms with Crippen LogP contribution in [0.1, 0.15) is 27.8 Å². The van der Waals surface area contributed by atoms with Gasteiger partial charge in [-0.25, -0.2) is 15.0 Å². The van der Waals surface area contributed by atoms with E-state index in [1.165, 1.54) is 0 Å². The maximum Gasteiger partial charge on any atom is 0.164 e. The minimum Gasteiger partial charge on any atom is -0.309 e. The van der Waals surface area contributed by atoms with Crippen molar-refractivity contribution >= 4 is 43.6 Å². The van der Waals surface area contributed by atoms with Crippen LogP contribution in [-0.4, -0.2) is 24.1 Å². The average Bonchev–Trinajstić information content (AvgIpc) is 3.89. The van der Waals surface area contributed by atoms with E-state index in [1.54, 1.807) is 30.3 Å². The van der Waals surface area contributed by atoms with Crippen LogP contribution < -0.4 is 0 Å². The molecule has 3 aromatic heterocycles. The Kier molecular flexibility index (Phi) is 9.17. The van der Waals surface area contributed by atoms with E-state index in [1.807, 2.05) is 140 Å². The largest absolute Gasteiger partial charge is 0.309 e. The number of benzene rings is 8. The van der Waals surface area contributed by atoms with Gasteiger partial charge in [0.15, 0.2) is 17.5 Å². The lowest BCUT2D eigenvalue weighted by Crippen LogP contribution is -2.03. The Bertz CT molecular complexity index is 3850. The van der Waals surface area contributed by atoms with Gasteiger partial charge in [0.1, 0.15) is 0 Å². The van der Waals surface area contributed by atoms with Gasteiger partial charge < -0.3 is 9.13 Å². The lowest BCUT2D eigenvalue weighted by molar-refractivity contribution is 1.07. The Morgan fingerprint density at radius 3 is 1.18 bits per heavy atom. The predicted octanol–water partition coefficient (Wildman–Crippen LogP) is 12.1. The van der Waals surface area contributed by atoms with Crippen molar-refractivity contribution < 1.29 is 0 Å². The fourth-order valence-corrected chi connectivity index (χ4v) is 8.88. The molecule has 0 amide bonds. The van der Waals surface area contributed by atoms with E-state index in [0.717, 1.165) is 66.1 Å². The van der Waals surface area contributed by atoms with Gasteiger partial charge in [-0.15, -0.1) is 0 Å². The molecule has 0 fully saturated rings. The highest BCUT2D eigenvalue weighted by Gasteiger charge is 2.23. The van der Waals surface area contributed by atoms with E-state index in [2.05, 4.69) is 39.5 Å². The minimum absolute atomic E-state index is 0.404. The summed E-state index contributed by atoms with van der Waals surface area (Å²) in [6.07, 6.45) is 0. The third-order valence-electron chi connectivity index (χ3n) is 11.9. The molecule has 3 heterocycles. The number of hydrogen-bond acceptors (Lipinski definition) is 8. The third kappa shape index (κ3) is 6.35. The van der Waals surface area contributed by atoms with Crippen LogP contribution >= 0.6 is 0 Å². The molecule has 302 valence electrons. The van der Waals surface area contributed by atoms with E-state index in [0.29, 0.717) is 62.0 Å². The smallest absolute Gasteiger partial charge is 0.164 e. The highest BCUT2D eigenvalue weighted by Crippen LogP contribution is 2.42. The van der Waals surface area contributed by atoms with Crippen molar-refractivity contribution in [3.8, 4) is 87.0 Å². The molecule has 0 aliphatic rings. The van der Waals surface area contributed by atoms with E-state index >= 15 is 0 Å². The first kappa shape index (κ1) is 38.7. The van der Waals surface area contributed by atoms with E-state index in [-0.39, 0.29) is 0 Å². The van der Waals surface area contributed by atoms with Gasteiger partial charge in [-0.3, -0.25) is 0 Å². The Balaban J connectivity index is 1.23. The summed E-state index contributed by atoms with van der Waals surface area (Å²) in [6.45, 7) is 0. The second-order valence-corrected chi connectivity index (χ2v) is 15.7. The van der Waals surface area contributed by atoms with E-state index in [4.69, 9.17) is 15.0 Å². The molecule has 0 unspecified atom stereocenters. The zero-order valence-electron chi connectivity index (χ0n) is 34.6. The Morgan fingerprint density at radius 2 is 0.758 bits per heavy atom. The van der Waals surface area contributed by atoms with Gasteiger partial charge in [0.25, 0.3) is 0 Å². The summed E-state index contributed by atoms with van der Waals surface area (Å²) in [5.74, 6) is 1.42. The van der Waals surface area contributed by atoms with Gasteiger partial charge in [-0.1, -0.05) is 60.7 Å². The average molecular weight is 841 g/mol. The molecule has 0 atom stereocenters. The second-order valence-electron chi connectivity index (χ2n) is 15.7. The van der Waals surface area contributed by atoms with Gasteiger partial charge in [-0.2, -0.15) is 26.3 Å².